The van der Waals surface area contributed by atoms with Gasteiger partial charge in [-0.1, -0.05) is 0 Å². The lowest BCUT2D eigenvalue weighted by atomic mass is 9.94. The predicted molar refractivity (Wildman–Crippen MR) is 262 cm³/mol. The van der Waals surface area contributed by atoms with E-state index in [0.29, 0.717) is 85.7 Å². The number of amides is 3. The Morgan fingerprint density at radius 2 is 1.63 bits per heavy atom. The number of anilines is 7. The first kappa shape index (κ1) is 44.9. The van der Waals surface area contributed by atoms with E-state index in [9.17, 15) is 18.5 Å². The molecule has 4 aliphatic rings. The van der Waals surface area contributed by atoms with Crippen LogP contribution in [-0.4, -0.2) is 114 Å². The summed E-state index contributed by atoms with van der Waals surface area (Å²) in [5, 5.41) is 15.1. The second-order valence-electron chi connectivity index (χ2n) is 18.3. The topological polar surface area (TPSA) is 166 Å². The van der Waals surface area contributed by atoms with Crippen LogP contribution in [0.5, 0.6) is 5.75 Å². The van der Waals surface area contributed by atoms with Gasteiger partial charge in [-0.25, -0.2) is 18.6 Å². The van der Waals surface area contributed by atoms with Gasteiger partial charge >= 0.3 is 6.03 Å². The minimum absolute atomic E-state index is 0.163. The van der Waals surface area contributed by atoms with E-state index >= 15 is 4.39 Å². The van der Waals surface area contributed by atoms with Gasteiger partial charge in [0.05, 0.1) is 45.9 Å². The third kappa shape index (κ3) is 9.12. The van der Waals surface area contributed by atoms with Gasteiger partial charge in [-0.3, -0.25) is 29.6 Å². The lowest BCUT2D eigenvalue weighted by Gasteiger charge is -2.40. The first-order chi connectivity index (χ1) is 32.2. The molecule has 6 heterocycles. The zero-order valence-corrected chi connectivity index (χ0v) is 40.3. The molecule has 0 spiro atoms. The number of nitrogens with zero attached hydrogens (tertiary/aromatic N) is 9. The van der Waals surface area contributed by atoms with Crippen molar-refractivity contribution in [3.63, 3.8) is 0 Å². The Hall–Kier alpha value is -5.91. The van der Waals surface area contributed by atoms with Crippen molar-refractivity contribution in [3.05, 3.63) is 76.5 Å². The first-order valence-corrected chi connectivity index (χ1v) is 26.0. The lowest BCUT2D eigenvalue weighted by Crippen LogP contribution is -2.49. The average molecular weight is 998 g/mol. The largest absolute Gasteiger partial charge is 0.494 e. The molecule has 16 nitrogen and oxygen atoms in total. The summed E-state index contributed by atoms with van der Waals surface area (Å²) in [6, 6.07) is 12.0. The molecule has 3 N–H and O–H groups in total. The van der Waals surface area contributed by atoms with Gasteiger partial charge in [-0.2, -0.15) is 10.1 Å². The number of ether oxygens (including phenoxy) is 1. The van der Waals surface area contributed by atoms with Crippen molar-refractivity contribution in [2.45, 2.75) is 38.0 Å². The third-order valence-electron chi connectivity index (χ3n) is 13.3. The van der Waals surface area contributed by atoms with Crippen molar-refractivity contribution in [2.75, 3.05) is 98.1 Å². The summed E-state index contributed by atoms with van der Waals surface area (Å²) in [5.74, 6) is 1.60. The summed E-state index contributed by atoms with van der Waals surface area (Å²) in [5.41, 5.74) is 5.57. The Labute approximate surface area is 394 Å². The van der Waals surface area contributed by atoms with Gasteiger partial charge in [0.1, 0.15) is 30.3 Å². The fraction of sp³-hybridized carbons (Fsp3) is 0.404. The van der Waals surface area contributed by atoms with Gasteiger partial charge in [0.2, 0.25) is 11.9 Å². The van der Waals surface area contributed by atoms with Gasteiger partial charge in [0.15, 0.2) is 5.82 Å². The van der Waals surface area contributed by atoms with E-state index in [-0.39, 0.29) is 24.7 Å². The van der Waals surface area contributed by atoms with Crippen molar-refractivity contribution < 1.29 is 27.7 Å². The van der Waals surface area contributed by atoms with Crippen LogP contribution < -0.4 is 40.7 Å². The molecule has 0 atom stereocenters. The molecule has 350 valence electrons. The summed E-state index contributed by atoms with van der Waals surface area (Å²) >= 11 is 3.57. The molecule has 3 aromatic heterocycles. The number of imide groups is 1. The Morgan fingerprint density at radius 3 is 2.34 bits per heavy atom. The molecule has 6 aromatic rings. The van der Waals surface area contributed by atoms with Crippen molar-refractivity contribution in [1.29, 1.82) is 0 Å². The Morgan fingerprint density at radius 1 is 0.866 bits per heavy atom. The number of rotatable bonds is 12. The predicted octanol–water partition coefficient (Wildman–Crippen LogP) is 8.06. The molecule has 10 rings (SSSR count). The highest BCUT2D eigenvalue weighted by molar-refractivity contribution is 9.10. The molecule has 4 fully saturated rings. The molecule has 1 saturated carbocycles. The van der Waals surface area contributed by atoms with Gasteiger partial charge in [0, 0.05) is 99.9 Å². The maximum atomic E-state index is 15.8. The molecule has 3 aliphatic heterocycles. The van der Waals surface area contributed by atoms with E-state index < -0.39 is 19.0 Å². The maximum absolute atomic E-state index is 15.8. The summed E-state index contributed by atoms with van der Waals surface area (Å²) in [6.45, 7) is 9.41. The van der Waals surface area contributed by atoms with Gasteiger partial charge in [0.25, 0.3) is 0 Å². The molecule has 3 amide bonds. The highest BCUT2D eigenvalue weighted by Gasteiger charge is 2.33. The number of hydrogen-bond acceptors (Lipinski definition) is 13. The molecule has 20 heteroatoms. The molecule has 0 unspecified atom stereocenters. The zero-order valence-electron chi connectivity index (χ0n) is 37.8. The van der Waals surface area contributed by atoms with Gasteiger partial charge in [-0.05, 0) is 109 Å². The molecule has 3 aromatic carbocycles. The van der Waals surface area contributed by atoms with E-state index in [2.05, 4.69) is 73.8 Å². The van der Waals surface area contributed by atoms with Crippen LogP contribution in [0.1, 0.15) is 43.6 Å². The SMILES string of the molecule is COc1cc(N2CCC(CN3CCN(c4cc5c(cc4F)c(N4CCC(=O)NC4=O)nn5C)CC3)CC2)c(C2CC2)cc1Nc1ncc(Br)c(Nc2ccc3ncc(F)cc3c2P(C)(C)=O)n1. The van der Waals surface area contributed by atoms with Crippen LogP contribution >= 0.6 is 23.1 Å². The monoisotopic (exact) mass is 996 g/mol. The van der Waals surface area contributed by atoms with Crippen LogP contribution in [-0.2, 0) is 16.4 Å². The van der Waals surface area contributed by atoms with Crippen LogP contribution in [0.3, 0.4) is 0 Å². The van der Waals surface area contributed by atoms with E-state index in [1.54, 1.807) is 50.5 Å². The van der Waals surface area contributed by atoms with Crippen LogP contribution in [0.2, 0.25) is 0 Å². The molecule has 0 radical (unpaired) electrons. The summed E-state index contributed by atoms with van der Waals surface area (Å²) in [6.07, 6.45) is 7.32. The highest BCUT2D eigenvalue weighted by atomic mass is 79.9. The van der Waals surface area contributed by atoms with E-state index in [0.717, 1.165) is 75.8 Å². The number of nitrogens with one attached hydrogen (secondary N) is 3. The van der Waals surface area contributed by atoms with Crippen LogP contribution in [0.25, 0.3) is 21.8 Å². The molecule has 0 bridgehead atoms. The average Bonchev–Trinajstić information content (AvgIpc) is 4.10. The van der Waals surface area contributed by atoms with E-state index in [4.69, 9.17) is 9.72 Å². The summed E-state index contributed by atoms with van der Waals surface area (Å²) < 4.78 is 52.0. The van der Waals surface area contributed by atoms with Crippen molar-refractivity contribution in [3.8, 4) is 5.75 Å². The summed E-state index contributed by atoms with van der Waals surface area (Å²) in [4.78, 5) is 46.3. The first-order valence-electron chi connectivity index (χ1n) is 22.6. The Kier molecular flexibility index (Phi) is 12.0. The number of pyridine rings is 1. The van der Waals surface area contributed by atoms with E-state index in [1.165, 1.54) is 28.3 Å². The molecule has 67 heavy (non-hydrogen) atoms. The second-order valence-corrected chi connectivity index (χ2v) is 22.3. The van der Waals surface area contributed by atoms with E-state index in [1.807, 2.05) is 6.07 Å². The number of piperidine rings is 1. The number of piperazine rings is 1. The van der Waals surface area contributed by atoms with Crippen LogP contribution in [0.4, 0.5) is 53.9 Å². The van der Waals surface area contributed by atoms with Gasteiger partial charge < -0.3 is 29.7 Å². The number of urea groups is 1. The highest BCUT2D eigenvalue weighted by Crippen LogP contribution is 2.49. The molecule has 1 aliphatic carbocycles. The summed E-state index contributed by atoms with van der Waals surface area (Å²) in [7, 11) is 0.538. The second kappa shape index (κ2) is 18.0. The van der Waals surface area contributed by atoms with Crippen molar-refractivity contribution in [2.24, 2.45) is 13.0 Å². The quantitative estimate of drug-likeness (QED) is 0.101. The van der Waals surface area contributed by atoms with Crippen molar-refractivity contribution in [1.82, 2.24) is 34.9 Å². The lowest BCUT2D eigenvalue weighted by molar-refractivity contribution is -0.120. The Bertz CT molecular complexity index is 2980. The smallest absolute Gasteiger partial charge is 0.329 e. The number of carbonyl (C=O) groups is 2. The van der Waals surface area contributed by atoms with Crippen LogP contribution in [0, 0.1) is 17.6 Å². The molecular formula is C47H52BrF2N12O4P. The number of carbonyl (C=O) groups excluding carboxylic acids is 2. The minimum atomic E-state index is -2.91. The fourth-order valence-electron chi connectivity index (χ4n) is 9.80. The zero-order chi connectivity index (χ0) is 46.7. The Balaban J connectivity index is 0.785. The number of methoxy groups -OCH3 is 1. The fourth-order valence-corrected chi connectivity index (χ4v) is 11.6. The normalized spacial score (nSPS) is 17.7. The third-order valence-corrected chi connectivity index (χ3v) is 15.5. The van der Waals surface area contributed by atoms with Gasteiger partial charge in [-0.15, -0.1) is 0 Å². The van der Waals surface area contributed by atoms with Crippen molar-refractivity contribution >= 4 is 102 Å². The molecular weight excluding hydrogens is 945 g/mol. The maximum Gasteiger partial charge on any atom is 0.329 e. The minimum Gasteiger partial charge on any atom is -0.494 e. The van der Waals surface area contributed by atoms with Crippen LogP contribution in [0.15, 0.2) is 59.3 Å². The standard InChI is InChI=1S/C47H52BrF2N12O4P/c1-58-38-22-40(34(50)20-32(38)45(57-58)62-14-11-42(63)55-47(62)64)61-17-15-59(16-18-61)26-27-9-12-60(13-10-27)39-23-41(66-2)37(21-30(39)28-5-6-28)54-46-52-25-33(48)44(56-46)53-36-8-7-35-31(19-29(49)24-51-35)43(36)67(3,4)65/h7-8,19-25,27-28H,5-6,9-18,26H2,1-4H3,(H,55,63,64)(H2,52,53,54,56). The number of halogens is 3. The number of benzene rings is 3. The number of aromatic nitrogens is 5. The number of fused-ring (bicyclic) bond motifs is 2. The number of hydrogen-bond donors (Lipinski definition) is 3. The number of aryl methyl sites for hydroxylation is 1. The molecule has 3 saturated heterocycles.